The average Bonchev–Trinajstić information content (AvgIpc) is 2.16. The van der Waals surface area contributed by atoms with Crippen LogP contribution in [0.15, 0.2) is 0 Å². The van der Waals surface area contributed by atoms with Crippen LogP contribution in [0.1, 0.15) is 32.1 Å². The molecule has 1 heterocycles. The number of aliphatic hydroxyl groups is 1. The van der Waals surface area contributed by atoms with Gasteiger partial charge in [0.05, 0.1) is 12.0 Å². The number of carbonyl (C=O) groups excluding carboxylic acids is 1. The zero-order valence-electron chi connectivity index (χ0n) is 9.22. The molecule has 2 fully saturated rings. The minimum absolute atomic E-state index is 0.119. The molecule has 0 bridgehead atoms. The number of likely N-dealkylation sites (tertiary alicyclic amines) is 1. The molecule has 0 unspecified atom stereocenters. The summed E-state index contributed by atoms with van der Waals surface area (Å²) >= 11 is 0. The van der Waals surface area contributed by atoms with E-state index in [4.69, 9.17) is 0 Å². The van der Waals surface area contributed by atoms with Gasteiger partial charge in [-0.15, -0.1) is 0 Å². The van der Waals surface area contributed by atoms with E-state index in [0.29, 0.717) is 12.8 Å². The van der Waals surface area contributed by atoms with Gasteiger partial charge in [0.1, 0.15) is 0 Å². The Hall–Kier alpha value is -0.710. The second-order valence-electron chi connectivity index (χ2n) is 4.94. The average molecular weight is 233 g/mol. The van der Waals surface area contributed by atoms with Crippen molar-refractivity contribution in [3.8, 4) is 0 Å². The van der Waals surface area contributed by atoms with E-state index in [-0.39, 0.29) is 38.4 Å². The molecule has 92 valence electrons. The number of nitrogens with zero attached hydrogens (tertiary/aromatic N) is 1. The lowest BCUT2D eigenvalue weighted by molar-refractivity contribution is -0.156. The molecule has 0 spiro atoms. The zero-order valence-corrected chi connectivity index (χ0v) is 9.22. The normalized spacial score (nSPS) is 27.3. The first-order valence-corrected chi connectivity index (χ1v) is 5.77. The van der Waals surface area contributed by atoms with Crippen molar-refractivity contribution in [3.05, 3.63) is 0 Å². The molecule has 1 aliphatic heterocycles. The second-order valence-corrected chi connectivity index (χ2v) is 4.94. The first-order valence-electron chi connectivity index (χ1n) is 5.77. The highest BCUT2D eigenvalue weighted by Gasteiger charge is 2.47. The quantitative estimate of drug-likeness (QED) is 0.783. The van der Waals surface area contributed by atoms with Gasteiger partial charge >= 0.3 is 0 Å². The Labute approximate surface area is 93.4 Å². The van der Waals surface area contributed by atoms with Crippen LogP contribution >= 0.6 is 0 Å². The topological polar surface area (TPSA) is 40.5 Å². The summed E-state index contributed by atoms with van der Waals surface area (Å²) in [5.74, 6) is -2.75. The first-order chi connectivity index (χ1) is 7.49. The molecule has 1 saturated carbocycles. The summed E-state index contributed by atoms with van der Waals surface area (Å²) in [6.07, 6.45) is 1.82. The third kappa shape index (κ3) is 1.93. The summed E-state index contributed by atoms with van der Waals surface area (Å²) in [6.45, 7) is 0.0832. The molecule has 2 rings (SSSR count). The highest BCUT2D eigenvalue weighted by molar-refractivity contribution is 5.83. The van der Waals surface area contributed by atoms with Crippen molar-refractivity contribution in [3.63, 3.8) is 0 Å². The SMILES string of the molecule is O=C(N1CCC(F)(F)CC1)C1(CO)CCC1. The second kappa shape index (κ2) is 3.95. The molecule has 0 aromatic carbocycles. The van der Waals surface area contributed by atoms with Crippen molar-refractivity contribution in [2.24, 2.45) is 5.41 Å². The van der Waals surface area contributed by atoms with Gasteiger partial charge < -0.3 is 10.0 Å². The van der Waals surface area contributed by atoms with Crippen molar-refractivity contribution < 1.29 is 18.7 Å². The van der Waals surface area contributed by atoms with Crippen LogP contribution in [0.2, 0.25) is 0 Å². The van der Waals surface area contributed by atoms with Crippen LogP contribution in [0.25, 0.3) is 0 Å². The van der Waals surface area contributed by atoms with E-state index in [1.165, 1.54) is 4.90 Å². The fourth-order valence-electron chi connectivity index (χ4n) is 2.42. The molecule has 5 heteroatoms. The van der Waals surface area contributed by atoms with E-state index in [1.807, 2.05) is 0 Å². The smallest absolute Gasteiger partial charge is 0.251 e. The minimum atomic E-state index is -2.62. The molecule has 1 amide bonds. The Bertz CT molecular complexity index is 274. The minimum Gasteiger partial charge on any atom is -0.395 e. The lowest BCUT2D eigenvalue weighted by Crippen LogP contribution is -2.53. The Morgan fingerprint density at radius 3 is 2.12 bits per heavy atom. The van der Waals surface area contributed by atoms with Gasteiger partial charge in [0, 0.05) is 25.9 Å². The van der Waals surface area contributed by atoms with Gasteiger partial charge in [-0.1, -0.05) is 6.42 Å². The molecule has 1 aliphatic carbocycles. The van der Waals surface area contributed by atoms with E-state index in [1.54, 1.807) is 0 Å². The Balaban J connectivity index is 1.96. The molecule has 1 saturated heterocycles. The standard InChI is InChI=1S/C11H17F2NO2/c12-11(13)4-6-14(7-5-11)9(16)10(8-15)2-1-3-10/h15H,1-8H2. The summed E-state index contributed by atoms with van der Waals surface area (Å²) in [5.41, 5.74) is -0.646. The highest BCUT2D eigenvalue weighted by Crippen LogP contribution is 2.43. The highest BCUT2D eigenvalue weighted by atomic mass is 19.3. The number of halogens is 2. The van der Waals surface area contributed by atoms with E-state index >= 15 is 0 Å². The van der Waals surface area contributed by atoms with E-state index < -0.39 is 11.3 Å². The number of hydrogen-bond acceptors (Lipinski definition) is 2. The van der Waals surface area contributed by atoms with Crippen molar-refractivity contribution in [1.29, 1.82) is 0 Å². The van der Waals surface area contributed by atoms with Crippen LogP contribution in [0.5, 0.6) is 0 Å². The fraction of sp³-hybridized carbons (Fsp3) is 0.909. The fourth-order valence-corrected chi connectivity index (χ4v) is 2.42. The Morgan fingerprint density at radius 1 is 1.19 bits per heavy atom. The number of alkyl halides is 2. The van der Waals surface area contributed by atoms with Gasteiger partial charge in [0.25, 0.3) is 5.92 Å². The Kier molecular flexibility index (Phi) is 2.90. The molecule has 0 aromatic heterocycles. The molecule has 1 N–H and O–H groups in total. The largest absolute Gasteiger partial charge is 0.395 e. The predicted octanol–water partition coefficient (Wildman–Crippen LogP) is 1.41. The van der Waals surface area contributed by atoms with Gasteiger partial charge in [-0.2, -0.15) is 0 Å². The molecular weight excluding hydrogens is 216 g/mol. The summed E-state index contributed by atoms with van der Waals surface area (Å²) in [4.78, 5) is 13.6. The molecule has 0 atom stereocenters. The van der Waals surface area contributed by atoms with Crippen LogP contribution in [0, 0.1) is 5.41 Å². The summed E-state index contributed by atoms with van der Waals surface area (Å²) in [5, 5.41) is 9.24. The van der Waals surface area contributed by atoms with Crippen LogP contribution in [-0.4, -0.2) is 41.5 Å². The molecule has 2 aliphatic rings. The number of rotatable bonds is 2. The van der Waals surface area contributed by atoms with Crippen LogP contribution < -0.4 is 0 Å². The maximum atomic E-state index is 12.9. The molecule has 0 aromatic rings. The third-order valence-electron chi connectivity index (χ3n) is 3.85. The Morgan fingerprint density at radius 2 is 1.75 bits per heavy atom. The van der Waals surface area contributed by atoms with Gasteiger partial charge in [-0.3, -0.25) is 4.79 Å². The van der Waals surface area contributed by atoms with Crippen LogP contribution in [0.4, 0.5) is 8.78 Å². The number of aliphatic hydroxyl groups excluding tert-OH is 1. The lowest BCUT2D eigenvalue weighted by atomic mass is 9.68. The monoisotopic (exact) mass is 233 g/mol. The molecule has 0 radical (unpaired) electrons. The van der Waals surface area contributed by atoms with Gasteiger partial charge in [-0.25, -0.2) is 8.78 Å². The number of carbonyl (C=O) groups is 1. The predicted molar refractivity (Wildman–Crippen MR) is 54.1 cm³/mol. The maximum absolute atomic E-state index is 12.9. The van der Waals surface area contributed by atoms with E-state index in [0.717, 1.165) is 6.42 Å². The van der Waals surface area contributed by atoms with Gasteiger partial charge in [-0.05, 0) is 12.8 Å². The number of hydrogen-bond donors (Lipinski definition) is 1. The first kappa shape index (κ1) is 11.8. The zero-order chi connectivity index (χ0) is 11.8. The molecule has 16 heavy (non-hydrogen) atoms. The molecule has 3 nitrogen and oxygen atoms in total. The van der Waals surface area contributed by atoms with Crippen molar-refractivity contribution in [2.45, 2.75) is 38.0 Å². The van der Waals surface area contributed by atoms with Gasteiger partial charge in [0.2, 0.25) is 5.91 Å². The van der Waals surface area contributed by atoms with Crippen LogP contribution in [0.3, 0.4) is 0 Å². The van der Waals surface area contributed by atoms with Crippen molar-refractivity contribution in [1.82, 2.24) is 4.90 Å². The number of amides is 1. The maximum Gasteiger partial charge on any atom is 0.251 e. The summed E-state index contributed by atoms with van der Waals surface area (Å²) in [7, 11) is 0. The third-order valence-corrected chi connectivity index (χ3v) is 3.85. The number of piperidine rings is 1. The molecular formula is C11H17F2NO2. The summed E-state index contributed by atoms with van der Waals surface area (Å²) < 4.78 is 25.9. The summed E-state index contributed by atoms with van der Waals surface area (Å²) in [6, 6.07) is 0. The lowest BCUT2D eigenvalue weighted by Gasteiger charge is -2.44. The van der Waals surface area contributed by atoms with Crippen molar-refractivity contribution in [2.75, 3.05) is 19.7 Å². The van der Waals surface area contributed by atoms with E-state index in [9.17, 15) is 18.7 Å². The van der Waals surface area contributed by atoms with Crippen LogP contribution in [-0.2, 0) is 4.79 Å². The van der Waals surface area contributed by atoms with Gasteiger partial charge in [0.15, 0.2) is 0 Å². The van der Waals surface area contributed by atoms with Crippen molar-refractivity contribution >= 4 is 5.91 Å². The van der Waals surface area contributed by atoms with E-state index in [2.05, 4.69) is 0 Å².